The van der Waals surface area contributed by atoms with Crippen LogP contribution in [0, 0.1) is 6.57 Å². The Morgan fingerprint density at radius 2 is 1.61 bits per heavy atom. The summed E-state index contributed by atoms with van der Waals surface area (Å²) < 4.78 is 0. The van der Waals surface area contributed by atoms with Crippen LogP contribution in [0.3, 0.4) is 0 Å². The Morgan fingerprint density at radius 3 is 2.30 bits per heavy atom. The van der Waals surface area contributed by atoms with Gasteiger partial charge in [0.1, 0.15) is 0 Å². The number of hydrogen-bond donors (Lipinski definition) is 1. The maximum Gasteiger partial charge on any atom is 0.347 e. The molecule has 0 heterocycles. The third kappa shape index (κ3) is 3.25. The van der Waals surface area contributed by atoms with Gasteiger partial charge in [-0.25, -0.2) is 0 Å². The number of azo groups is 1. The highest BCUT2D eigenvalue weighted by molar-refractivity contribution is 6.01. The molecule has 0 radical (unpaired) electrons. The number of aliphatic hydroxyl groups excluding tert-OH is 1. The highest BCUT2D eigenvalue weighted by Gasteiger charge is 2.10. The minimum atomic E-state index is 0.144. The lowest BCUT2D eigenvalue weighted by molar-refractivity contribution is 0.299. The smallest absolute Gasteiger partial charge is 0.347 e. The van der Waals surface area contributed by atoms with Crippen LogP contribution in [0.25, 0.3) is 15.6 Å². The van der Waals surface area contributed by atoms with E-state index in [4.69, 9.17) is 11.7 Å². The molecule has 23 heavy (non-hydrogen) atoms. The van der Waals surface area contributed by atoms with Crippen molar-refractivity contribution in [3.8, 4) is 6.57 Å². The van der Waals surface area contributed by atoms with Gasteiger partial charge in [-0.1, -0.05) is 30.3 Å². The van der Waals surface area contributed by atoms with Crippen LogP contribution in [0.2, 0.25) is 0 Å². The van der Waals surface area contributed by atoms with Gasteiger partial charge in [-0.05, 0) is 41.1 Å². The first kappa shape index (κ1) is 14.9. The summed E-state index contributed by atoms with van der Waals surface area (Å²) in [6, 6.07) is 19.2. The highest BCUT2D eigenvalue weighted by Crippen LogP contribution is 2.34. The van der Waals surface area contributed by atoms with Gasteiger partial charge >= 0.3 is 5.69 Å². The molecule has 3 aromatic carbocycles. The van der Waals surface area contributed by atoms with Gasteiger partial charge in [-0.15, -0.1) is 5.11 Å². The molecule has 0 fully saturated rings. The minimum absolute atomic E-state index is 0.144. The van der Waals surface area contributed by atoms with E-state index in [-0.39, 0.29) is 6.61 Å². The third-order valence-corrected chi connectivity index (χ3v) is 3.63. The molecule has 112 valence electrons. The zero-order valence-electron chi connectivity index (χ0n) is 12.6. The fourth-order valence-corrected chi connectivity index (χ4v) is 2.44. The van der Waals surface area contributed by atoms with Crippen molar-refractivity contribution in [2.75, 3.05) is 6.61 Å². The molecule has 0 amide bonds. The van der Waals surface area contributed by atoms with Crippen LogP contribution < -0.4 is 0 Å². The van der Waals surface area contributed by atoms with Crippen molar-refractivity contribution in [2.45, 2.75) is 6.42 Å². The molecule has 0 spiro atoms. The van der Waals surface area contributed by atoms with Crippen LogP contribution >= 0.6 is 0 Å². The topological polar surface area (TPSA) is 49.3 Å². The number of hydrogen-bond acceptors (Lipinski definition) is 3. The van der Waals surface area contributed by atoms with Gasteiger partial charge in [0, 0.05) is 18.1 Å². The van der Waals surface area contributed by atoms with E-state index in [0.29, 0.717) is 6.42 Å². The van der Waals surface area contributed by atoms with E-state index < -0.39 is 0 Å². The molecule has 3 aromatic rings. The monoisotopic (exact) mass is 302 g/mol. The van der Waals surface area contributed by atoms with Gasteiger partial charge in [-0.2, -0.15) is 5.11 Å². The summed E-state index contributed by atoms with van der Waals surface area (Å²) >= 11 is 0. The number of benzene rings is 3. The van der Waals surface area contributed by atoms with E-state index in [0.717, 1.165) is 33.4 Å². The van der Waals surface area contributed by atoms with Gasteiger partial charge in [0.2, 0.25) is 0 Å². The van der Waals surface area contributed by atoms with E-state index in [1.807, 2.05) is 60.7 Å². The van der Waals surface area contributed by atoms with Crippen molar-refractivity contribution in [3.05, 3.63) is 71.1 Å². The number of nitrogens with zero attached hydrogens (tertiary/aromatic N) is 3. The lowest BCUT2D eigenvalue weighted by atomic mass is 10.1. The quantitative estimate of drug-likeness (QED) is 0.646. The van der Waals surface area contributed by atoms with Crippen LogP contribution in [0.15, 0.2) is 70.9 Å². The summed E-state index contributed by atoms with van der Waals surface area (Å²) in [6.45, 7) is 5.57. The summed E-state index contributed by atoms with van der Waals surface area (Å²) in [6.07, 6.45) is 0.645. The van der Waals surface area contributed by atoms with Gasteiger partial charge in [0.05, 0.1) is 16.8 Å². The van der Waals surface area contributed by atoms with E-state index >= 15 is 0 Å². The van der Waals surface area contributed by atoms with Crippen molar-refractivity contribution in [1.82, 2.24) is 0 Å². The van der Waals surface area contributed by atoms with Crippen LogP contribution in [-0.4, -0.2) is 11.7 Å². The minimum Gasteiger partial charge on any atom is -0.396 e. The number of rotatable bonds is 4. The molecule has 0 saturated heterocycles. The second kappa shape index (κ2) is 6.82. The largest absolute Gasteiger partial charge is 0.396 e. The molecule has 0 atom stereocenters. The molecule has 0 aromatic heterocycles. The van der Waals surface area contributed by atoms with Gasteiger partial charge in [0.25, 0.3) is 6.57 Å². The lowest BCUT2D eigenvalue weighted by Crippen LogP contribution is -1.88. The van der Waals surface area contributed by atoms with Crippen molar-refractivity contribution in [3.63, 3.8) is 0 Å². The predicted molar refractivity (Wildman–Crippen MR) is 93.3 cm³/mol. The summed E-state index contributed by atoms with van der Waals surface area (Å²) in [5.41, 5.74) is 3.34. The van der Waals surface area contributed by atoms with Crippen molar-refractivity contribution in [1.29, 1.82) is 0 Å². The summed E-state index contributed by atoms with van der Waals surface area (Å²) in [5.74, 6) is 0. The van der Waals surface area contributed by atoms with E-state index in [2.05, 4.69) is 15.1 Å². The van der Waals surface area contributed by atoms with E-state index in [9.17, 15) is 0 Å². The fourth-order valence-electron chi connectivity index (χ4n) is 2.44. The molecule has 0 aliphatic rings. The zero-order chi connectivity index (χ0) is 16.1. The molecule has 4 heteroatoms. The Kier molecular flexibility index (Phi) is 4.41. The molecule has 3 rings (SSSR count). The van der Waals surface area contributed by atoms with Gasteiger partial charge in [0.15, 0.2) is 0 Å². The molecule has 4 nitrogen and oxygen atoms in total. The first-order chi connectivity index (χ1) is 11.3. The second-order valence-electron chi connectivity index (χ2n) is 5.12. The van der Waals surface area contributed by atoms with Crippen molar-refractivity contribution >= 4 is 27.8 Å². The normalized spacial score (nSPS) is 11.0. The van der Waals surface area contributed by atoms with Crippen LogP contribution in [0.1, 0.15) is 5.56 Å². The van der Waals surface area contributed by atoms with Crippen LogP contribution in [0.5, 0.6) is 0 Å². The predicted octanol–water partition coefficient (Wildman–Crippen LogP) is 5.38. The summed E-state index contributed by atoms with van der Waals surface area (Å²) in [4.78, 5) is 3.79. The Bertz CT molecular complexity index is 893. The third-order valence-electron chi connectivity index (χ3n) is 3.63. The average Bonchev–Trinajstić information content (AvgIpc) is 2.61. The summed E-state index contributed by atoms with van der Waals surface area (Å²) in [7, 11) is 0. The molecule has 0 bridgehead atoms. The zero-order valence-corrected chi connectivity index (χ0v) is 12.6. The van der Waals surface area contributed by atoms with Gasteiger partial charge < -0.3 is 5.11 Å². The number of aliphatic hydroxyl groups is 1. The van der Waals surface area contributed by atoms with E-state index in [1.165, 1.54) is 0 Å². The Balaban J connectivity index is 1.94. The second-order valence-corrected chi connectivity index (χ2v) is 5.12. The Hall–Kier alpha value is -3.03. The lowest BCUT2D eigenvalue weighted by Gasteiger charge is -2.00. The molecule has 0 unspecified atom stereocenters. The standard InChI is InChI=1S/C19H16N3O/c1-20-18-10-11-19(17-5-3-2-4-16(17)18)22-21-15-8-6-14(7-9-15)12-13-23/h1-11,23H,12-13H2/q+1. The summed E-state index contributed by atoms with van der Waals surface area (Å²) in [5, 5.41) is 19.5. The van der Waals surface area contributed by atoms with E-state index in [1.54, 1.807) is 0 Å². The Labute approximate surface area is 134 Å². The fraction of sp³-hybridized carbons (Fsp3) is 0.105. The maximum atomic E-state index is 8.93. The first-order valence-corrected chi connectivity index (χ1v) is 7.36. The molecule has 0 aliphatic carbocycles. The Morgan fingerprint density at radius 1 is 0.870 bits per heavy atom. The SMILES string of the molecule is C#[N+]c1ccc(N=Nc2ccc(CCO)cc2)c2ccccc12. The maximum absolute atomic E-state index is 8.93. The van der Waals surface area contributed by atoms with Crippen molar-refractivity contribution in [2.24, 2.45) is 10.2 Å². The molecular formula is C19H16N3O+. The van der Waals surface area contributed by atoms with Gasteiger partial charge in [-0.3, -0.25) is 0 Å². The highest BCUT2D eigenvalue weighted by atomic mass is 16.2. The average molecular weight is 302 g/mol. The molecule has 0 saturated carbocycles. The first-order valence-electron chi connectivity index (χ1n) is 7.36. The number of fused-ring (bicyclic) bond motifs is 1. The molecular weight excluding hydrogens is 286 g/mol. The molecule has 0 aliphatic heterocycles. The van der Waals surface area contributed by atoms with Crippen LogP contribution in [-0.2, 0) is 6.42 Å². The molecule has 1 N–H and O–H groups in total. The van der Waals surface area contributed by atoms with Crippen LogP contribution in [0.4, 0.5) is 17.1 Å². The van der Waals surface area contributed by atoms with Crippen molar-refractivity contribution < 1.29 is 5.11 Å².